The first-order valence-corrected chi connectivity index (χ1v) is 7.17. The summed E-state index contributed by atoms with van der Waals surface area (Å²) >= 11 is 0. The first kappa shape index (κ1) is 15.0. The van der Waals surface area contributed by atoms with Gasteiger partial charge in [-0.15, -0.1) is 0 Å². The average Bonchev–Trinajstić information content (AvgIpc) is 2.47. The van der Waals surface area contributed by atoms with Gasteiger partial charge in [0.05, 0.1) is 0 Å². The van der Waals surface area contributed by atoms with Crippen LogP contribution in [0.5, 0.6) is 0 Å². The third-order valence-corrected chi connectivity index (χ3v) is 3.70. The van der Waals surface area contributed by atoms with Gasteiger partial charge < -0.3 is 20.9 Å². The predicted molar refractivity (Wildman–Crippen MR) is 81.5 cm³/mol. The van der Waals surface area contributed by atoms with Crippen LogP contribution in [0.2, 0.25) is 0 Å². The van der Waals surface area contributed by atoms with Crippen molar-refractivity contribution in [1.82, 2.24) is 9.80 Å². The van der Waals surface area contributed by atoms with Crippen molar-refractivity contribution in [2.24, 2.45) is 5.73 Å². The normalized spacial score (nSPS) is 17.1. The maximum absolute atomic E-state index is 11.9. The van der Waals surface area contributed by atoms with E-state index in [1.807, 2.05) is 24.3 Å². The predicted octanol–water partition coefficient (Wildman–Crippen LogP) is 0.721. The Labute approximate surface area is 120 Å². The van der Waals surface area contributed by atoms with Gasteiger partial charge in [-0.2, -0.15) is 0 Å². The molecule has 0 radical (unpaired) electrons. The second-order valence-electron chi connectivity index (χ2n) is 5.35. The fourth-order valence-electron chi connectivity index (χ4n) is 2.33. The van der Waals surface area contributed by atoms with Gasteiger partial charge in [-0.25, -0.2) is 0 Å². The van der Waals surface area contributed by atoms with E-state index >= 15 is 0 Å². The summed E-state index contributed by atoms with van der Waals surface area (Å²) in [5.41, 5.74) is 7.45. The highest BCUT2D eigenvalue weighted by Gasteiger charge is 2.14. The lowest BCUT2D eigenvalue weighted by molar-refractivity contribution is -0.116. The Hall–Kier alpha value is -1.43. The van der Waals surface area contributed by atoms with Crippen molar-refractivity contribution in [3.63, 3.8) is 0 Å². The number of likely N-dealkylation sites (N-methyl/N-ethyl adjacent to an activating group) is 1. The third-order valence-electron chi connectivity index (χ3n) is 3.70. The SMILES string of the molecule is CN1CCN(CCC(=O)Nc2cccc(CN)c2)CC1. The molecule has 0 bridgehead atoms. The first-order chi connectivity index (χ1) is 9.67. The number of carbonyl (C=O) groups is 1. The number of hydrogen-bond acceptors (Lipinski definition) is 4. The fraction of sp³-hybridized carbons (Fsp3) is 0.533. The van der Waals surface area contributed by atoms with Gasteiger partial charge in [0.1, 0.15) is 0 Å². The van der Waals surface area contributed by atoms with Gasteiger partial charge in [0.15, 0.2) is 0 Å². The molecule has 0 unspecified atom stereocenters. The average molecular weight is 276 g/mol. The Bertz CT molecular complexity index is 441. The van der Waals surface area contributed by atoms with E-state index in [2.05, 4.69) is 22.2 Å². The lowest BCUT2D eigenvalue weighted by Gasteiger charge is -2.32. The minimum atomic E-state index is 0.0677. The summed E-state index contributed by atoms with van der Waals surface area (Å²) in [6.45, 7) is 5.58. The zero-order valence-corrected chi connectivity index (χ0v) is 12.1. The van der Waals surface area contributed by atoms with Crippen molar-refractivity contribution in [2.75, 3.05) is 45.1 Å². The summed E-state index contributed by atoms with van der Waals surface area (Å²) in [4.78, 5) is 16.6. The zero-order valence-electron chi connectivity index (χ0n) is 12.1. The van der Waals surface area contributed by atoms with Gasteiger partial charge in [0.25, 0.3) is 0 Å². The van der Waals surface area contributed by atoms with Crippen LogP contribution in [-0.2, 0) is 11.3 Å². The van der Waals surface area contributed by atoms with Gasteiger partial charge in [0, 0.05) is 51.4 Å². The fourth-order valence-corrected chi connectivity index (χ4v) is 2.33. The lowest BCUT2D eigenvalue weighted by atomic mass is 10.2. The molecule has 20 heavy (non-hydrogen) atoms. The Morgan fingerprint density at radius 3 is 2.75 bits per heavy atom. The van der Waals surface area contributed by atoms with Crippen molar-refractivity contribution in [3.8, 4) is 0 Å². The molecule has 1 aromatic rings. The van der Waals surface area contributed by atoms with Gasteiger partial charge in [-0.3, -0.25) is 4.79 Å². The van der Waals surface area contributed by atoms with Crippen LogP contribution < -0.4 is 11.1 Å². The summed E-state index contributed by atoms with van der Waals surface area (Å²) in [5.74, 6) is 0.0677. The van der Waals surface area contributed by atoms with Crippen molar-refractivity contribution in [2.45, 2.75) is 13.0 Å². The quantitative estimate of drug-likeness (QED) is 0.832. The van der Waals surface area contributed by atoms with Gasteiger partial charge >= 0.3 is 0 Å². The summed E-state index contributed by atoms with van der Waals surface area (Å²) in [6.07, 6.45) is 0.538. The van der Waals surface area contributed by atoms with Crippen LogP contribution in [0.15, 0.2) is 24.3 Å². The Morgan fingerprint density at radius 2 is 2.05 bits per heavy atom. The first-order valence-electron chi connectivity index (χ1n) is 7.17. The molecule has 0 atom stereocenters. The summed E-state index contributed by atoms with van der Waals surface area (Å²) in [7, 11) is 2.13. The maximum atomic E-state index is 11.9. The van der Waals surface area contributed by atoms with E-state index < -0.39 is 0 Å². The number of amides is 1. The molecule has 1 fully saturated rings. The maximum Gasteiger partial charge on any atom is 0.225 e. The number of rotatable bonds is 5. The van der Waals surface area contributed by atoms with E-state index in [1.165, 1.54) is 0 Å². The molecule has 5 heteroatoms. The number of nitrogens with zero attached hydrogens (tertiary/aromatic N) is 2. The molecule has 0 aliphatic carbocycles. The topological polar surface area (TPSA) is 61.6 Å². The molecule has 1 aromatic carbocycles. The number of anilines is 1. The molecule has 0 aromatic heterocycles. The smallest absolute Gasteiger partial charge is 0.225 e. The van der Waals surface area contributed by atoms with E-state index in [-0.39, 0.29) is 5.91 Å². The summed E-state index contributed by atoms with van der Waals surface area (Å²) in [5, 5.41) is 2.93. The van der Waals surface area contributed by atoms with E-state index in [0.717, 1.165) is 44.0 Å². The minimum absolute atomic E-state index is 0.0677. The Kier molecular flexibility index (Phi) is 5.52. The van der Waals surface area contributed by atoms with Crippen molar-refractivity contribution in [3.05, 3.63) is 29.8 Å². The molecule has 1 aliphatic rings. The second kappa shape index (κ2) is 7.38. The van der Waals surface area contributed by atoms with Crippen molar-refractivity contribution < 1.29 is 4.79 Å². The molecule has 0 saturated carbocycles. The standard InChI is InChI=1S/C15H24N4O/c1-18-7-9-19(10-8-18)6-5-15(20)17-14-4-2-3-13(11-14)12-16/h2-4,11H,5-10,12,16H2,1H3,(H,17,20). The lowest BCUT2D eigenvalue weighted by Crippen LogP contribution is -2.45. The molecule has 110 valence electrons. The summed E-state index contributed by atoms with van der Waals surface area (Å²) < 4.78 is 0. The van der Waals surface area contributed by atoms with Crippen LogP contribution in [0.25, 0.3) is 0 Å². The molecule has 1 heterocycles. The molecular weight excluding hydrogens is 252 g/mol. The molecule has 2 rings (SSSR count). The van der Waals surface area contributed by atoms with Crippen molar-refractivity contribution in [1.29, 1.82) is 0 Å². The largest absolute Gasteiger partial charge is 0.326 e. The number of hydrogen-bond donors (Lipinski definition) is 2. The van der Waals surface area contributed by atoms with Crippen LogP contribution in [0, 0.1) is 0 Å². The van der Waals surface area contributed by atoms with Crippen LogP contribution in [0.4, 0.5) is 5.69 Å². The summed E-state index contributed by atoms with van der Waals surface area (Å²) in [6, 6.07) is 7.69. The number of benzene rings is 1. The third kappa shape index (κ3) is 4.59. The highest BCUT2D eigenvalue weighted by Crippen LogP contribution is 2.10. The highest BCUT2D eigenvalue weighted by molar-refractivity contribution is 5.90. The van der Waals surface area contributed by atoms with Gasteiger partial charge in [-0.1, -0.05) is 12.1 Å². The van der Waals surface area contributed by atoms with Crippen LogP contribution >= 0.6 is 0 Å². The Balaban J connectivity index is 1.74. The van der Waals surface area contributed by atoms with Gasteiger partial charge in [0.2, 0.25) is 5.91 Å². The van der Waals surface area contributed by atoms with Crippen LogP contribution in [0.1, 0.15) is 12.0 Å². The molecule has 3 N–H and O–H groups in total. The second-order valence-corrected chi connectivity index (χ2v) is 5.35. The van der Waals surface area contributed by atoms with E-state index in [1.54, 1.807) is 0 Å². The molecule has 1 saturated heterocycles. The number of piperazine rings is 1. The number of nitrogens with two attached hydrogens (primary N) is 1. The van der Waals surface area contributed by atoms with Crippen LogP contribution in [-0.4, -0.2) is 55.5 Å². The van der Waals surface area contributed by atoms with Crippen LogP contribution in [0.3, 0.4) is 0 Å². The molecule has 5 nitrogen and oxygen atoms in total. The molecule has 1 aliphatic heterocycles. The molecular formula is C15H24N4O. The monoisotopic (exact) mass is 276 g/mol. The molecule has 0 spiro atoms. The van der Waals surface area contributed by atoms with E-state index in [4.69, 9.17) is 5.73 Å². The zero-order chi connectivity index (χ0) is 14.4. The van der Waals surface area contributed by atoms with Gasteiger partial charge in [-0.05, 0) is 24.7 Å². The van der Waals surface area contributed by atoms with E-state index in [0.29, 0.717) is 13.0 Å². The molecule has 1 amide bonds. The minimum Gasteiger partial charge on any atom is -0.326 e. The van der Waals surface area contributed by atoms with Crippen molar-refractivity contribution >= 4 is 11.6 Å². The highest BCUT2D eigenvalue weighted by atomic mass is 16.1. The Morgan fingerprint density at radius 1 is 1.30 bits per heavy atom. The number of carbonyl (C=O) groups excluding carboxylic acids is 1. The van der Waals surface area contributed by atoms with E-state index in [9.17, 15) is 4.79 Å². The number of nitrogens with one attached hydrogen (secondary N) is 1.